The summed E-state index contributed by atoms with van der Waals surface area (Å²) in [5, 5.41) is 8.85. The first-order valence-corrected chi connectivity index (χ1v) is 5.72. The van der Waals surface area contributed by atoms with Gasteiger partial charge in [-0.2, -0.15) is 0 Å². The highest BCUT2D eigenvalue weighted by Gasteiger charge is 2.23. The first kappa shape index (κ1) is 11.8. The van der Waals surface area contributed by atoms with Gasteiger partial charge in [-0.3, -0.25) is 0 Å². The minimum atomic E-state index is -1.25. The average Bonchev–Trinajstić information content (AvgIpc) is 2.29. The van der Waals surface area contributed by atoms with Crippen LogP contribution in [0.2, 0.25) is 0 Å². The molecule has 2 heterocycles. The molecule has 1 atom stereocenters. The van der Waals surface area contributed by atoms with Gasteiger partial charge in [0.15, 0.2) is 11.6 Å². The van der Waals surface area contributed by atoms with Crippen molar-refractivity contribution >= 4 is 11.8 Å². The summed E-state index contributed by atoms with van der Waals surface area (Å²) in [5.41, 5.74) is -0.312. The largest absolute Gasteiger partial charge is 0.478 e. The Bertz CT molecular complexity index is 437. The lowest BCUT2D eigenvalue weighted by atomic mass is 10.0. The average molecular weight is 238 g/mol. The molecule has 1 saturated heterocycles. The van der Waals surface area contributed by atoms with Crippen molar-refractivity contribution in [2.75, 3.05) is 18.0 Å². The molecule has 0 spiro atoms. The van der Waals surface area contributed by atoms with Crippen molar-refractivity contribution in [3.05, 3.63) is 23.6 Å². The van der Waals surface area contributed by atoms with Gasteiger partial charge in [-0.05, 0) is 24.8 Å². The Morgan fingerprint density at radius 1 is 1.65 bits per heavy atom. The van der Waals surface area contributed by atoms with Crippen LogP contribution in [-0.4, -0.2) is 29.1 Å². The van der Waals surface area contributed by atoms with Crippen LogP contribution < -0.4 is 4.90 Å². The van der Waals surface area contributed by atoms with E-state index >= 15 is 0 Å². The predicted octanol–water partition coefficient (Wildman–Crippen LogP) is 2.16. The van der Waals surface area contributed by atoms with E-state index < -0.39 is 11.8 Å². The fourth-order valence-electron chi connectivity index (χ4n) is 2.20. The first-order valence-electron chi connectivity index (χ1n) is 5.72. The van der Waals surface area contributed by atoms with E-state index in [9.17, 15) is 9.18 Å². The monoisotopic (exact) mass is 238 g/mol. The Labute approximate surface area is 99.1 Å². The summed E-state index contributed by atoms with van der Waals surface area (Å²) >= 11 is 0. The van der Waals surface area contributed by atoms with Gasteiger partial charge >= 0.3 is 5.97 Å². The fraction of sp³-hybridized carbons (Fsp3) is 0.500. The van der Waals surface area contributed by atoms with Crippen molar-refractivity contribution in [3.63, 3.8) is 0 Å². The highest BCUT2D eigenvalue weighted by molar-refractivity contribution is 5.88. The summed E-state index contributed by atoms with van der Waals surface area (Å²) in [4.78, 5) is 16.6. The topological polar surface area (TPSA) is 53.4 Å². The van der Waals surface area contributed by atoms with Crippen LogP contribution in [0.5, 0.6) is 0 Å². The Kier molecular flexibility index (Phi) is 3.26. The second kappa shape index (κ2) is 4.69. The van der Waals surface area contributed by atoms with Gasteiger partial charge in [0.05, 0.1) is 0 Å². The number of aromatic nitrogens is 1. The first-order chi connectivity index (χ1) is 8.09. The number of nitrogens with zero attached hydrogens (tertiary/aromatic N) is 2. The van der Waals surface area contributed by atoms with Crippen molar-refractivity contribution < 1.29 is 14.3 Å². The van der Waals surface area contributed by atoms with E-state index in [1.54, 1.807) is 0 Å². The molecule has 0 bridgehead atoms. The van der Waals surface area contributed by atoms with E-state index in [-0.39, 0.29) is 11.4 Å². The maximum atomic E-state index is 13.9. The molecule has 0 amide bonds. The molecule has 4 nitrogen and oxygen atoms in total. The molecule has 0 radical (unpaired) electrons. The van der Waals surface area contributed by atoms with Crippen molar-refractivity contribution in [1.82, 2.24) is 4.98 Å². The molecule has 17 heavy (non-hydrogen) atoms. The summed E-state index contributed by atoms with van der Waals surface area (Å²) in [7, 11) is 0. The smallest absolute Gasteiger partial charge is 0.338 e. The second-order valence-corrected chi connectivity index (χ2v) is 4.49. The molecule has 1 aliphatic rings. The molecule has 1 aromatic rings. The lowest BCUT2D eigenvalue weighted by molar-refractivity contribution is 0.0691. The van der Waals surface area contributed by atoms with Gasteiger partial charge in [0, 0.05) is 19.3 Å². The molecule has 92 valence electrons. The van der Waals surface area contributed by atoms with Crippen LogP contribution in [0.3, 0.4) is 0 Å². The Morgan fingerprint density at radius 2 is 2.41 bits per heavy atom. The van der Waals surface area contributed by atoms with Crippen LogP contribution in [0.4, 0.5) is 10.2 Å². The zero-order chi connectivity index (χ0) is 12.4. The SMILES string of the molecule is CC1CCCN(c2nccc(C(=O)O)c2F)C1. The van der Waals surface area contributed by atoms with Crippen LogP contribution in [0, 0.1) is 11.7 Å². The molecule has 5 heteroatoms. The molecule has 0 aliphatic carbocycles. The molecule has 1 N–H and O–H groups in total. The number of piperidine rings is 1. The summed E-state index contributed by atoms with van der Waals surface area (Å²) in [6, 6.07) is 1.19. The standard InChI is InChI=1S/C12H15FN2O2/c1-8-3-2-6-15(7-8)11-10(13)9(12(16)17)4-5-14-11/h4-5,8H,2-3,6-7H2,1H3,(H,16,17). The van der Waals surface area contributed by atoms with Gasteiger partial charge in [0.2, 0.25) is 0 Å². The van der Waals surface area contributed by atoms with Gasteiger partial charge < -0.3 is 10.0 Å². The number of pyridine rings is 1. The number of aromatic carboxylic acids is 1. The number of halogens is 1. The van der Waals surface area contributed by atoms with Crippen LogP contribution in [-0.2, 0) is 0 Å². The number of hydrogen-bond acceptors (Lipinski definition) is 3. The lowest BCUT2D eigenvalue weighted by Crippen LogP contribution is -2.35. The molecule has 1 aliphatic heterocycles. The third-order valence-electron chi connectivity index (χ3n) is 3.06. The Hall–Kier alpha value is -1.65. The molecule has 0 aromatic carbocycles. The van der Waals surface area contributed by atoms with Crippen molar-refractivity contribution in [1.29, 1.82) is 0 Å². The third-order valence-corrected chi connectivity index (χ3v) is 3.06. The summed E-state index contributed by atoms with van der Waals surface area (Å²) in [6.45, 7) is 3.56. The number of carboxylic acids is 1. The summed E-state index contributed by atoms with van der Waals surface area (Å²) in [5.74, 6) is -1.33. The summed E-state index contributed by atoms with van der Waals surface area (Å²) in [6.07, 6.45) is 3.46. The van der Waals surface area contributed by atoms with Gasteiger partial charge in [-0.1, -0.05) is 6.92 Å². The van der Waals surface area contributed by atoms with Gasteiger partial charge in [0.25, 0.3) is 0 Å². The fourth-order valence-corrected chi connectivity index (χ4v) is 2.20. The highest BCUT2D eigenvalue weighted by Crippen LogP contribution is 2.25. The number of carboxylic acid groups (broad SMARTS) is 1. The van der Waals surface area contributed by atoms with E-state index in [1.165, 1.54) is 12.3 Å². The molecular formula is C12H15FN2O2. The van der Waals surface area contributed by atoms with E-state index in [0.29, 0.717) is 5.92 Å². The molecule has 0 saturated carbocycles. The van der Waals surface area contributed by atoms with E-state index in [2.05, 4.69) is 11.9 Å². The van der Waals surface area contributed by atoms with Gasteiger partial charge in [0.1, 0.15) is 5.56 Å². The lowest BCUT2D eigenvalue weighted by Gasteiger charge is -2.32. The highest BCUT2D eigenvalue weighted by atomic mass is 19.1. The minimum Gasteiger partial charge on any atom is -0.478 e. The third kappa shape index (κ3) is 2.38. The van der Waals surface area contributed by atoms with Crippen LogP contribution in [0.1, 0.15) is 30.1 Å². The van der Waals surface area contributed by atoms with Crippen LogP contribution in [0.15, 0.2) is 12.3 Å². The Balaban J connectivity index is 2.32. The van der Waals surface area contributed by atoms with E-state index in [4.69, 9.17) is 5.11 Å². The van der Waals surface area contributed by atoms with Gasteiger partial charge in [-0.15, -0.1) is 0 Å². The number of rotatable bonds is 2. The van der Waals surface area contributed by atoms with Crippen LogP contribution >= 0.6 is 0 Å². The maximum absolute atomic E-state index is 13.9. The van der Waals surface area contributed by atoms with Crippen LogP contribution in [0.25, 0.3) is 0 Å². The quantitative estimate of drug-likeness (QED) is 0.857. The predicted molar refractivity (Wildman–Crippen MR) is 61.8 cm³/mol. The Morgan fingerprint density at radius 3 is 3.06 bits per heavy atom. The zero-order valence-corrected chi connectivity index (χ0v) is 9.69. The van der Waals surface area contributed by atoms with Crippen molar-refractivity contribution in [3.8, 4) is 0 Å². The zero-order valence-electron chi connectivity index (χ0n) is 9.69. The molecule has 1 unspecified atom stereocenters. The number of anilines is 1. The van der Waals surface area contributed by atoms with Crippen molar-refractivity contribution in [2.24, 2.45) is 5.92 Å². The normalized spacial score (nSPS) is 20.4. The minimum absolute atomic E-state index is 0.163. The maximum Gasteiger partial charge on any atom is 0.338 e. The van der Waals surface area contributed by atoms with Crippen molar-refractivity contribution in [2.45, 2.75) is 19.8 Å². The van der Waals surface area contributed by atoms with Gasteiger partial charge in [-0.25, -0.2) is 14.2 Å². The summed E-state index contributed by atoms with van der Waals surface area (Å²) < 4.78 is 13.9. The number of hydrogen-bond donors (Lipinski definition) is 1. The molecule has 1 aromatic heterocycles. The molecule has 1 fully saturated rings. The molecular weight excluding hydrogens is 223 g/mol. The van der Waals surface area contributed by atoms with E-state index in [0.717, 1.165) is 25.9 Å². The second-order valence-electron chi connectivity index (χ2n) is 4.49. The molecule has 2 rings (SSSR count). The van der Waals surface area contributed by atoms with E-state index in [1.807, 2.05) is 4.90 Å². The number of carbonyl (C=O) groups is 1.